The number of aliphatic imine (C=N–C) groups is 1. The van der Waals surface area contributed by atoms with Gasteiger partial charge in [0.2, 0.25) is 0 Å². The first kappa shape index (κ1) is 20.7. The van der Waals surface area contributed by atoms with Crippen molar-refractivity contribution in [2.24, 2.45) is 10.9 Å². The van der Waals surface area contributed by atoms with Gasteiger partial charge < -0.3 is 15.0 Å². The van der Waals surface area contributed by atoms with E-state index in [0.29, 0.717) is 5.92 Å². The third kappa shape index (κ3) is 5.90. The fourth-order valence-electron chi connectivity index (χ4n) is 2.83. The highest BCUT2D eigenvalue weighted by molar-refractivity contribution is 14.0. The molecule has 2 rings (SSSR count). The Kier molecular flexibility index (Phi) is 8.85. The molecule has 1 aliphatic rings. The molecule has 1 atom stereocenters. The quantitative estimate of drug-likeness (QED) is 0.408. The molecule has 1 aliphatic heterocycles. The Morgan fingerprint density at radius 3 is 2.91 bits per heavy atom. The van der Waals surface area contributed by atoms with Crippen LogP contribution in [-0.4, -0.2) is 50.8 Å². The molecule has 2 heterocycles. The van der Waals surface area contributed by atoms with Crippen LogP contribution in [0.15, 0.2) is 22.5 Å². The zero-order valence-electron chi connectivity index (χ0n) is 14.7. The predicted octanol–water partition coefficient (Wildman–Crippen LogP) is 3.58. The van der Waals surface area contributed by atoms with E-state index < -0.39 is 0 Å². The van der Waals surface area contributed by atoms with Crippen molar-refractivity contribution in [2.75, 3.05) is 39.9 Å². The van der Waals surface area contributed by atoms with Crippen LogP contribution in [0.25, 0.3) is 0 Å². The van der Waals surface area contributed by atoms with E-state index in [-0.39, 0.29) is 29.4 Å². The van der Waals surface area contributed by atoms with Crippen LogP contribution in [0.5, 0.6) is 0 Å². The lowest BCUT2D eigenvalue weighted by Crippen LogP contribution is -2.45. The first-order chi connectivity index (χ1) is 10.6. The second kappa shape index (κ2) is 9.84. The van der Waals surface area contributed by atoms with E-state index in [4.69, 9.17) is 4.74 Å². The standard InChI is InChI=1S/C17H29N3OS.HI/c1-5-21-12-14-8-9-20(11-14)16(18-4)19-13-17(2,3)15-7-6-10-22-15;/h6-7,10,14H,5,8-9,11-13H2,1-4H3,(H,18,19);1H. The minimum Gasteiger partial charge on any atom is -0.381 e. The number of hydrogen-bond acceptors (Lipinski definition) is 3. The van der Waals surface area contributed by atoms with Crippen molar-refractivity contribution in [1.29, 1.82) is 0 Å². The van der Waals surface area contributed by atoms with E-state index in [2.05, 4.69) is 53.5 Å². The molecule has 1 fully saturated rings. The molecule has 1 unspecified atom stereocenters. The van der Waals surface area contributed by atoms with Crippen LogP contribution in [0.4, 0.5) is 0 Å². The van der Waals surface area contributed by atoms with Crippen molar-refractivity contribution < 1.29 is 4.74 Å². The first-order valence-corrected chi connectivity index (χ1v) is 9.02. The van der Waals surface area contributed by atoms with E-state index in [1.165, 1.54) is 11.3 Å². The van der Waals surface area contributed by atoms with E-state index in [0.717, 1.165) is 38.8 Å². The Morgan fingerprint density at radius 1 is 1.52 bits per heavy atom. The number of halogens is 1. The molecule has 0 radical (unpaired) electrons. The van der Waals surface area contributed by atoms with E-state index in [1.807, 2.05) is 18.4 Å². The lowest BCUT2D eigenvalue weighted by atomic mass is 9.91. The van der Waals surface area contributed by atoms with Gasteiger partial charge in [0, 0.05) is 49.5 Å². The van der Waals surface area contributed by atoms with E-state index in [9.17, 15) is 0 Å². The molecule has 0 aliphatic carbocycles. The minimum atomic E-state index is 0. The molecule has 0 bridgehead atoms. The maximum absolute atomic E-state index is 5.56. The number of nitrogens with one attached hydrogen (secondary N) is 1. The van der Waals surface area contributed by atoms with Gasteiger partial charge in [-0.25, -0.2) is 0 Å². The summed E-state index contributed by atoms with van der Waals surface area (Å²) in [5, 5.41) is 5.70. The van der Waals surface area contributed by atoms with E-state index in [1.54, 1.807) is 0 Å². The zero-order chi connectivity index (χ0) is 16.0. The van der Waals surface area contributed by atoms with Crippen LogP contribution < -0.4 is 5.32 Å². The maximum Gasteiger partial charge on any atom is 0.193 e. The van der Waals surface area contributed by atoms with Gasteiger partial charge >= 0.3 is 0 Å². The summed E-state index contributed by atoms with van der Waals surface area (Å²) in [6, 6.07) is 4.33. The molecule has 1 aromatic heterocycles. The summed E-state index contributed by atoms with van der Waals surface area (Å²) in [6.07, 6.45) is 1.19. The summed E-state index contributed by atoms with van der Waals surface area (Å²) >= 11 is 1.82. The number of rotatable bonds is 6. The number of thiophene rings is 1. The number of ether oxygens (including phenoxy) is 1. The monoisotopic (exact) mass is 451 g/mol. The highest BCUT2D eigenvalue weighted by Crippen LogP contribution is 2.26. The van der Waals surface area contributed by atoms with Crippen LogP contribution in [0, 0.1) is 5.92 Å². The summed E-state index contributed by atoms with van der Waals surface area (Å²) in [7, 11) is 1.87. The lowest BCUT2D eigenvalue weighted by Gasteiger charge is -2.28. The number of nitrogens with zero attached hydrogens (tertiary/aromatic N) is 2. The van der Waals surface area contributed by atoms with Crippen molar-refractivity contribution >= 4 is 41.3 Å². The second-order valence-corrected chi connectivity index (χ2v) is 7.47. The molecule has 0 aromatic carbocycles. The van der Waals surface area contributed by atoms with Crippen molar-refractivity contribution in [3.8, 4) is 0 Å². The Balaban J connectivity index is 0.00000264. The highest BCUT2D eigenvalue weighted by Gasteiger charge is 2.27. The number of likely N-dealkylation sites (tertiary alicyclic amines) is 1. The molecular weight excluding hydrogens is 421 g/mol. The van der Waals surface area contributed by atoms with Crippen molar-refractivity contribution in [2.45, 2.75) is 32.6 Å². The van der Waals surface area contributed by atoms with Crippen LogP contribution >= 0.6 is 35.3 Å². The van der Waals surface area contributed by atoms with Crippen LogP contribution in [-0.2, 0) is 10.2 Å². The molecule has 1 N–H and O–H groups in total. The zero-order valence-corrected chi connectivity index (χ0v) is 17.8. The van der Waals surface area contributed by atoms with Gasteiger partial charge in [-0.15, -0.1) is 35.3 Å². The fourth-order valence-corrected chi connectivity index (χ4v) is 3.68. The third-order valence-corrected chi connectivity index (χ3v) is 5.47. The molecule has 0 saturated carbocycles. The third-order valence-electron chi connectivity index (χ3n) is 4.23. The van der Waals surface area contributed by atoms with Gasteiger partial charge in [0.05, 0.1) is 6.61 Å². The highest BCUT2D eigenvalue weighted by atomic mass is 127. The average Bonchev–Trinajstić information content (AvgIpc) is 3.18. The first-order valence-electron chi connectivity index (χ1n) is 8.14. The second-order valence-electron chi connectivity index (χ2n) is 6.52. The average molecular weight is 451 g/mol. The molecule has 0 amide bonds. The topological polar surface area (TPSA) is 36.9 Å². The normalized spacial score (nSPS) is 18.9. The smallest absolute Gasteiger partial charge is 0.193 e. The Bertz CT molecular complexity index is 476. The maximum atomic E-state index is 5.56. The summed E-state index contributed by atoms with van der Waals surface area (Å²) < 4.78 is 5.56. The van der Waals surface area contributed by atoms with Crippen LogP contribution in [0.2, 0.25) is 0 Å². The Morgan fingerprint density at radius 2 is 2.30 bits per heavy atom. The molecule has 1 aromatic rings. The van der Waals surface area contributed by atoms with Crippen molar-refractivity contribution in [1.82, 2.24) is 10.2 Å². The summed E-state index contributed by atoms with van der Waals surface area (Å²) in [5.41, 5.74) is 0.120. The SMILES string of the molecule is CCOCC1CCN(C(=NC)NCC(C)(C)c2cccs2)C1.I. The molecule has 0 spiro atoms. The van der Waals surface area contributed by atoms with Gasteiger partial charge in [-0.05, 0) is 24.8 Å². The minimum absolute atomic E-state index is 0. The summed E-state index contributed by atoms with van der Waals surface area (Å²) in [4.78, 5) is 8.23. The molecule has 132 valence electrons. The Hall–Kier alpha value is -0.340. The van der Waals surface area contributed by atoms with Gasteiger partial charge in [-0.3, -0.25) is 4.99 Å². The Labute approximate surface area is 161 Å². The van der Waals surface area contributed by atoms with Gasteiger partial charge in [-0.2, -0.15) is 0 Å². The molecule has 23 heavy (non-hydrogen) atoms. The molecule has 1 saturated heterocycles. The van der Waals surface area contributed by atoms with Crippen LogP contribution in [0.1, 0.15) is 32.1 Å². The van der Waals surface area contributed by atoms with E-state index >= 15 is 0 Å². The van der Waals surface area contributed by atoms with Crippen molar-refractivity contribution in [3.63, 3.8) is 0 Å². The summed E-state index contributed by atoms with van der Waals surface area (Å²) in [6.45, 7) is 11.3. The van der Waals surface area contributed by atoms with Gasteiger partial charge in [0.1, 0.15) is 0 Å². The largest absolute Gasteiger partial charge is 0.381 e. The molecule has 6 heteroatoms. The lowest BCUT2D eigenvalue weighted by molar-refractivity contribution is 0.114. The fraction of sp³-hybridized carbons (Fsp3) is 0.706. The molecular formula is C17H30IN3OS. The van der Waals surface area contributed by atoms with Gasteiger partial charge in [0.25, 0.3) is 0 Å². The van der Waals surface area contributed by atoms with Gasteiger partial charge in [0.15, 0.2) is 5.96 Å². The summed E-state index contributed by atoms with van der Waals surface area (Å²) in [5.74, 6) is 1.65. The number of hydrogen-bond donors (Lipinski definition) is 1. The molecule has 4 nitrogen and oxygen atoms in total. The van der Waals surface area contributed by atoms with Crippen LogP contribution in [0.3, 0.4) is 0 Å². The number of guanidine groups is 1. The van der Waals surface area contributed by atoms with Gasteiger partial charge in [-0.1, -0.05) is 19.9 Å². The van der Waals surface area contributed by atoms with Crippen molar-refractivity contribution in [3.05, 3.63) is 22.4 Å². The predicted molar refractivity (Wildman–Crippen MR) is 110 cm³/mol.